The molecule has 2 aromatic rings. The maximum absolute atomic E-state index is 9.04. The summed E-state index contributed by atoms with van der Waals surface area (Å²) in [5, 5.41) is 19.0. The molecule has 1 aromatic carbocycles. The second-order valence-corrected chi connectivity index (χ2v) is 4.61. The SMILES string of the molecule is OB(O)c1cncc(OCc2cccc(Cl)c2Cl)c1. The predicted molar refractivity (Wildman–Crippen MR) is 74.9 cm³/mol. The number of halogens is 2. The third kappa shape index (κ3) is 3.61. The lowest BCUT2D eigenvalue weighted by Crippen LogP contribution is -2.30. The number of ether oxygens (including phenoxy) is 1. The van der Waals surface area contributed by atoms with Crippen LogP contribution in [0.1, 0.15) is 5.56 Å². The summed E-state index contributed by atoms with van der Waals surface area (Å²) in [4.78, 5) is 3.85. The lowest BCUT2D eigenvalue weighted by Gasteiger charge is -2.09. The summed E-state index contributed by atoms with van der Waals surface area (Å²) < 4.78 is 5.49. The van der Waals surface area contributed by atoms with E-state index in [9.17, 15) is 0 Å². The van der Waals surface area contributed by atoms with Crippen LogP contribution in [0.5, 0.6) is 5.75 Å². The van der Waals surface area contributed by atoms with Crippen molar-refractivity contribution in [1.82, 2.24) is 4.98 Å². The molecule has 98 valence electrons. The van der Waals surface area contributed by atoms with E-state index in [1.807, 2.05) is 0 Å². The molecule has 7 heteroatoms. The van der Waals surface area contributed by atoms with E-state index in [4.69, 9.17) is 38.0 Å². The van der Waals surface area contributed by atoms with Gasteiger partial charge in [-0.2, -0.15) is 0 Å². The largest absolute Gasteiger partial charge is 0.490 e. The minimum Gasteiger partial charge on any atom is -0.487 e. The highest BCUT2D eigenvalue weighted by molar-refractivity contribution is 6.58. The van der Waals surface area contributed by atoms with Gasteiger partial charge in [0.25, 0.3) is 0 Å². The molecule has 0 radical (unpaired) electrons. The van der Waals surface area contributed by atoms with Gasteiger partial charge in [0.1, 0.15) is 12.4 Å². The van der Waals surface area contributed by atoms with Gasteiger partial charge in [-0.25, -0.2) is 0 Å². The molecule has 2 N–H and O–H groups in total. The Kier molecular flexibility index (Phi) is 4.66. The molecular formula is C12H10BCl2NO3. The van der Waals surface area contributed by atoms with E-state index in [1.54, 1.807) is 18.2 Å². The van der Waals surface area contributed by atoms with Crippen LogP contribution in [0.4, 0.5) is 0 Å². The van der Waals surface area contributed by atoms with Crippen molar-refractivity contribution in [3.05, 3.63) is 52.3 Å². The van der Waals surface area contributed by atoms with Crippen molar-refractivity contribution in [3.63, 3.8) is 0 Å². The van der Waals surface area contributed by atoms with Crippen molar-refractivity contribution < 1.29 is 14.8 Å². The molecule has 1 heterocycles. The molecule has 2 rings (SSSR count). The lowest BCUT2D eigenvalue weighted by atomic mass is 9.82. The van der Waals surface area contributed by atoms with Crippen molar-refractivity contribution in [2.24, 2.45) is 0 Å². The number of nitrogens with zero attached hydrogens (tertiary/aromatic N) is 1. The molecule has 0 spiro atoms. The van der Waals surface area contributed by atoms with Gasteiger partial charge in [0.05, 0.1) is 16.2 Å². The van der Waals surface area contributed by atoms with E-state index in [0.717, 1.165) is 5.56 Å². The lowest BCUT2D eigenvalue weighted by molar-refractivity contribution is 0.305. The summed E-state index contributed by atoms with van der Waals surface area (Å²) in [6.45, 7) is 0.214. The first-order valence-corrected chi connectivity index (χ1v) is 6.20. The molecule has 0 fully saturated rings. The Balaban J connectivity index is 2.10. The van der Waals surface area contributed by atoms with Crippen molar-refractivity contribution in [2.45, 2.75) is 6.61 Å². The molecule has 0 unspecified atom stereocenters. The van der Waals surface area contributed by atoms with Gasteiger partial charge >= 0.3 is 7.12 Å². The number of rotatable bonds is 4. The third-order valence-electron chi connectivity index (χ3n) is 2.46. The molecule has 19 heavy (non-hydrogen) atoms. The molecule has 0 saturated heterocycles. The fourth-order valence-electron chi connectivity index (χ4n) is 1.48. The van der Waals surface area contributed by atoms with Crippen LogP contribution < -0.4 is 10.2 Å². The van der Waals surface area contributed by atoms with E-state index >= 15 is 0 Å². The highest BCUT2D eigenvalue weighted by atomic mass is 35.5. The third-order valence-corrected chi connectivity index (χ3v) is 3.32. The van der Waals surface area contributed by atoms with Crippen molar-refractivity contribution in [3.8, 4) is 5.75 Å². The van der Waals surface area contributed by atoms with Crippen LogP contribution >= 0.6 is 23.2 Å². The molecule has 0 atom stereocenters. The quantitative estimate of drug-likeness (QED) is 0.843. The summed E-state index contributed by atoms with van der Waals surface area (Å²) in [5.41, 5.74) is 0.999. The van der Waals surface area contributed by atoms with Crippen LogP contribution in [0.15, 0.2) is 36.7 Å². The van der Waals surface area contributed by atoms with Gasteiger partial charge in [0.2, 0.25) is 0 Å². The zero-order valence-electron chi connectivity index (χ0n) is 9.75. The summed E-state index contributed by atoms with van der Waals surface area (Å²) in [7, 11) is -1.58. The van der Waals surface area contributed by atoms with Crippen molar-refractivity contribution in [1.29, 1.82) is 0 Å². The minimum atomic E-state index is -1.58. The maximum atomic E-state index is 9.04. The van der Waals surface area contributed by atoms with Gasteiger partial charge in [-0.1, -0.05) is 35.3 Å². The van der Waals surface area contributed by atoms with E-state index < -0.39 is 7.12 Å². The Morgan fingerprint density at radius 3 is 2.74 bits per heavy atom. The average Bonchev–Trinajstić information content (AvgIpc) is 2.41. The molecule has 0 amide bonds. The summed E-state index contributed by atoms with van der Waals surface area (Å²) in [6, 6.07) is 6.76. The highest BCUT2D eigenvalue weighted by Crippen LogP contribution is 2.26. The van der Waals surface area contributed by atoms with Gasteiger partial charge < -0.3 is 14.8 Å². The molecule has 4 nitrogen and oxygen atoms in total. The van der Waals surface area contributed by atoms with Gasteiger partial charge in [-0.05, 0) is 12.1 Å². The average molecular weight is 298 g/mol. The molecule has 0 aliphatic carbocycles. The molecule has 0 aliphatic rings. The summed E-state index contributed by atoms with van der Waals surface area (Å²) in [6.07, 6.45) is 2.83. The predicted octanol–water partition coefficient (Wildman–Crippen LogP) is 1.65. The summed E-state index contributed by atoms with van der Waals surface area (Å²) >= 11 is 11.9. The number of hydrogen-bond acceptors (Lipinski definition) is 4. The fourth-order valence-corrected chi connectivity index (χ4v) is 1.85. The second kappa shape index (κ2) is 6.26. The normalized spacial score (nSPS) is 10.3. The van der Waals surface area contributed by atoms with Crippen LogP contribution in [-0.4, -0.2) is 22.2 Å². The van der Waals surface area contributed by atoms with E-state index in [1.165, 1.54) is 18.5 Å². The van der Waals surface area contributed by atoms with Crippen molar-refractivity contribution in [2.75, 3.05) is 0 Å². The Labute approximate surface area is 120 Å². The topological polar surface area (TPSA) is 62.6 Å². The van der Waals surface area contributed by atoms with Crippen LogP contribution in [-0.2, 0) is 6.61 Å². The first kappa shape index (κ1) is 14.2. The van der Waals surface area contributed by atoms with Crippen LogP contribution in [0.2, 0.25) is 10.0 Å². The first-order chi connectivity index (χ1) is 9.08. The zero-order valence-corrected chi connectivity index (χ0v) is 11.3. The van der Waals surface area contributed by atoms with Gasteiger partial charge in [0, 0.05) is 17.2 Å². The molecule has 0 bridgehead atoms. The van der Waals surface area contributed by atoms with E-state index in [0.29, 0.717) is 15.8 Å². The smallest absolute Gasteiger partial charge is 0.487 e. The number of hydrogen-bond donors (Lipinski definition) is 2. The van der Waals surface area contributed by atoms with E-state index in [2.05, 4.69) is 4.98 Å². The zero-order chi connectivity index (χ0) is 13.8. The van der Waals surface area contributed by atoms with Gasteiger partial charge in [-0.15, -0.1) is 0 Å². The standard InChI is InChI=1S/C12H10BCl2NO3/c14-11-3-1-2-8(12(11)15)7-19-10-4-9(13(17)18)5-16-6-10/h1-6,17-18H,7H2. The molecule has 1 aromatic heterocycles. The first-order valence-electron chi connectivity index (χ1n) is 5.44. The Morgan fingerprint density at radius 2 is 2.00 bits per heavy atom. The number of aromatic nitrogens is 1. The van der Waals surface area contributed by atoms with Crippen LogP contribution in [0.25, 0.3) is 0 Å². The Hall–Kier alpha value is -1.27. The Bertz CT molecular complexity index is 581. The molecular weight excluding hydrogens is 288 g/mol. The van der Waals surface area contributed by atoms with Gasteiger partial charge in [0.15, 0.2) is 0 Å². The number of pyridine rings is 1. The minimum absolute atomic E-state index is 0.214. The van der Waals surface area contributed by atoms with Gasteiger partial charge in [-0.3, -0.25) is 4.98 Å². The molecule has 0 saturated carbocycles. The van der Waals surface area contributed by atoms with Crippen LogP contribution in [0, 0.1) is 0 Å². The number of benzene rings is 1. The highest BCUT2D eigenvalue weighted by Gasteiger charge is 2.12. The molecule has 0 aliphatic heterocycles. The van der Waals surface area contributed by atoms with Crippen molar-refractivity contribution >= 4 is 35.8 Å². The summed E-state index contributed by atoms with van der Waals surface area (Å²) in [5.74, 6) is 0.418. The monoisotopic (exact) mass is 297 g/mol. The Morgan fingerprint density at radius 1 is 1.21 bits per heavy atom. The second-order valence-electron chi connectivity index (χ2n) is 3.83. The maximum Gasteiger partial charge on any atom is 0.490 e. The fraction of sp³-hybridized carbons (Fsp3) is 0.0833. The van der Waals surface area contributed by atoms with E-state index in [-0.39, 0.29) is 12.1 Å². The van der Waals surface area contributed by atoms with Crippen LogP contribution in [0.3, 0.4) is 0 Å².